The maximum atomic E-state index is 12.3. The SMILES string of the molecule is Cc1cc(NC(=O)CN2CCc3cnc(C(C)C)nc3C2)n(C)n1. The van der Waals surface area contributed by atoms with E-state index in [4.69, 9.17) is 0 Å². The third-order valence-electron chi connectivity index (χ3n) is 4.20. The summed E-state index contributed by atoms with van der Waals surface area (Å²) in [7, 11) is 1.82. The van der Waals surface area contributed by atoms with Crippen LogP contribution in [0.1, 0.15) is 42.5 Å². The number of anilines is 1. The number of carbonyl (C=O) groups is 1. The van der Waals surface area contributed by atoms with Crippen molar-refractivity contribution in [2.45, 2.75) is 39.7 Å². The van der Waals surface area contributed by atoms with Gasteiger partial charge in [0.2, 0.25) is 5.91 Å². The number of amides is 1. The number of hydrogen-bond donors (Lipinski definition) is 1. The van der Waals surface area contributed by atoms with Crippen molar-refractivity contribution in [2.24, 2.45) is 7.05 Å². The zero-order valence-electron chi connectivity index (χ0n) is 14.7. The molecule has 2 aromatic heterocycles. The van der Waals surface area contributed by atoms with Gasteiger partial charge in [0.05, 0.1) is 17.9 Å². The molecule has 128 valence electrons. The molecule has 0 aromatic carbocycles. The van der Waals surface area contributed by atoms with Crippen LogP contribution in [0.4, 0.5) is 5.82 Å². The van der Waals surface area contributed by atoms with Gasteiger partial charge < -0.3 is 5.32 Å². The van der Waals surface area contributed by atoms with E-state index in [1.807, 2.05) is 26.2 Å². The van der Waals surface area contributed by atoms with Gasteiger partial charge in [0.25, 0.3) is 0 Å². The molecule has 0 unspecified atom stereocenters. The van der Waals surface area contributed by atoms with E-state index in [0.29, 0.717) is 19.0 Å². The van der Waals surface area contributed by atoms with E-state index in [9.17, 15) is 4.79 Å². The molecule has 3 rings (SSSR count). The molecular weight excluding hydrogens is 304 g/mol. The number of fused-ring (bicyclic) bond motifs is 1. The zero-order valence-corrected chi connectivity index (χ0v) is 14.7. The van der Waals surface area contributed by atoms with Gasteiger partial charge in [0.15, 0.2) is 0 Å². The molecule has 2 aromatic rings. The fourth-order valence-electron chi connectivity index (χ4n) is 2.90. The minimum atomic E-state index is -0.0282. The molecule has 0 bridgehead atoms. The highest BCUT2D eigenvalue weighted by Gasteiger charge is 2.21. The summed E-state index contributed by atoms with van der Waals surface area (Å²) in [5.41, 5.74) is 3.13. The van der Waals surface area contributed by atoms with Gasteiger partial charge in [-0.15, -0.1) is 0 Å². The first-order chi connectivity index (χ1) is 11.4. The number of nitrogens with one attached hydrogen (secondary N) is 1. The molecule has 1 aliphatic rings. The smallest absolute Gasteiger partial charge is 0.239 e. The van der Waals surface area contributed by atoms with Gasteiger partial charge in [-0.05, 0) is 18.9 Å². The molecule has 1 N–H and O–H groups in total. The first kappa shape index (κ1) is 16.6. The maximum absolute atomic E-state index is 12.3. The van der Waals surface area contributed by atoms with Gasteiger partial charge >= 0.3 is 0 Å². The lowest BCUT2D eigenvalue weighted by molar-refractivity contribution is -0.117. The lowest BCUT2D eigenvalue weighted by Crippen LogP contribution is -2.38. The minimum absolute atomic E-state index is 0.0282. The van der Waals surface area contributed by atoms with Crippen molar-refractivity contribution in [1.82, 2.24) is 24.6 Å². The van der Waals surface area contributed by atoms with Crippen molar-refractivity contribution >= 4 is 11.7 Å². The van der Waals surface area contributed by atoms with Crippen LogP contribution in [0.25, 0.3) is 0 Å². The van der Waals surface area contributed by atoms with Gasteiger partial charge in [-0.3, -0.25) is 14.4 Å². The monoisotopic (exact) mass is 328 g/mol. The molecule has 3 heterocycles. The van der Waals surface area contributed by atoms with Crippen LogP contribution in [0.2, 0.25) is 0 Å². The highest BCUT2D eigenvalue weighted by Crippen LogP contribution is 2.19. The molecule has 0 radical (unpaired) electrons. The molecule has 0 aliphatic carbocycles. The summed E-state index contributed by atoms with van der Waals surface area (Å²) in [5, 5.41) is 7.16. The molecule has 1 amide bonds. The number of aryl methyl sites for hydroxylation is 2. The van der Waals surface area contributed by atoms with Crippen LogP contribution in [-0.2, 0) is 24.8 Å². The summed E-state index contributed by atoms with van der Waals surface area (Å²) in [6.07, 6.45) is 2.82. The Labute approximate surface area is 142 Å². The summed E-state index contributed by atoms with van der Waals surface area (Å²) < 4.78 is 1.68. The predicted octanol–water partition coefficient (Wildman–Crippen LogP) is 1.64. The van der Waals surface area contributed by atoms with Crippen molar-refractivity contribution in [3.05, 3.63) is 35.0 Å². The normalized spacial score (nSPS) is 14.7. The molecule has 0 fully saturated rings. The Bertz CT molecular complexity index is 752. The molecule has 0 spiro atoms. The molecule has 0 saturated heterocycles. The largest absolute Gasteiger partial charge is 0.310 e. The third-order valence-corrected chi connectivity index (χ3v) is 4.20. The molecular formula is C17H24N6O. The molecule has 7 heteroatoms. The Kier molecular flexibility index (Phi) is 4.62. The Morgan fingerprint density at radius 1 is 1.42 bits per heavy atom. The van der Waals surface area contributed by atoms with Gasteiger partial charge in [-0.1, -0.05) is 13.8 Å². The topological polar surface area (TPSA) is 75.9 Å². The standard InChI is InChI=1S/C17H24N6O/c1-11(2)17-18-8-13-5-6-23(9-14(13)19-17)10-16(24)20-15-7-12(3)21-22(15)4/h7-8,11H,5-6,9-10H2,1-4H3,(H,20,24). The van der Waals surface area contributed by atoms with E-state index < -0.39 is 0 Å². The lowest BCUT2D eigenvalue weighted by atomic mass is 10.1. The summed E-state index contributed by atoms with van der Waals surface area (Å²) in [5.74, 6) is 1.87. The van der Waals surface area contributed by atoms with Crippen LogP contribution in [-0.4, -0.2) is 43.6 Å². The lowest BCUT2D eigenvalue weighted by Gasteiger charge is -2.27. The highest BCUT2D eigenvalue weighted by molar-refractivity contribution is 5.91. The van der Waals surface area contributed by atoms with Crippen molar-refractivity contribution < 1.29 is 4.79 Å². The van der Waals surface area contributed by atoms with Crippen molar-refractivity contribution in [2.75, 3.05) is 18.4 Å². The van der Waals surface area contributed by atoms with Gasteiger partial charge in [0, 0.05) is 38.3 Å². The molecule has 0 atom stereocenters. The van der Waals surface area contributed by atoms with E-state index in [0.717, 1.165) is 36.0 Å². The predicted molar refractivity (Wildman–Crippen MR) is 91.7 cm³/mol. The summed E-state index contributed by atoms with van der Waals surface area (Å²) >= 11 is 0. The van der Waals surface area contributed by atoms with Crippen LogP contribution in [0.15, 0.2) is 12.3 Å². The van der Waals surface area contributed by atoms with Gasteiger partial charge in [0.1, 0.15) is 11.6 Å². The van der Waals surface area contributed by atoms with E-state index >= 15 is 0 Å². The summed E-state index contributed by atoms with van der Waals surface area (Å²) in [6.45, 7) is 7.97. The Morgan fingerprint density at radius 3 is 2.88 bits per heavy atom. The van der Waals surface area contributed by atoms with Crippen LogP contribution >= 0.6 is 0 Å². The first-order valence-electron chi connectivity index (χ1n) is 8.30. The molecule has 0 saturated carbocycles. The maximum Gasteiger partial charge on any atom is 0.239 e. The fraction of sp³-hybridized carbons (Fsp3) is 0.529. The third kappa shape index (κ3) is 3.62. The number of hydrogen-bond acceptors (Lipinski definition) is 5. The minimum Gasteiger partial charge on any atom is -0.310 e. The van der Waals surface area contributed by atoms with Crippen molar-refractivity contribution in [1.29, 1.82) is 0 Å². The average molecular weight is 328 g/mol. The summed E-state index contributed by atoms with van der Waals surface area (Å²) in [4.78, 5) is 23.5. The van der Waals surface area contributed by atoms with E-state index in [1.54, 1.807) is 4.68 Å². The number of rotatable bonds is 4. The molecule has 24 heavy (non-hydrogen) atoms. The average Bonchev–Trinajstić information content (AvgIpc) is 2.83. The molecule has 1 aliphatic heterocycles. The first-order valence-corrected chi connectivity index (χ1v) is 8.30. The van der Waals surface area contributed by atoms with Crippen molar-refractivity contribution in [3.63, 3.8) is 0 Å². The zero-order chi connectivity index (χ0) is 17.3. The van der Waals surface area contributed by atoms with E-state index in [1.165, 1.54) is 5.56 Å². The second-order valence-corrected chi connectivity index (χ2v) is 6.66. The van der Waals surface area contributed by atoms with Crippen LogP contribution in [0.3, 0.4) is 0 Å². The van der Waals surface area contributed by atoms with E-state index in [2.05, 4.69) is 39.1 Å². The van der Waals surface area contributed by atoms with E-state index in [-0.39, 0.29) is 5.91 Å². The summed E-state index contributed by atoms with van der Waals surface area (Å²) in [6, 6.07) is 1.87. The molecule has 7 nitrogen and oxygen atoms in total. The second-order valence-electron chi connectivity index (χ2n) is 6.66. The van der Waals surface area contributed by atoms with Gasteiger partial charge in [-0.2, -0.15) is 5.10 Å². The quantitative estimate of drug-likeness (QED) is 0.923. The Balaban J connectivity index is 1.64. The van der Waals surface area contributed by atoms with Gasteiger partial charge in [-0.25, -0.2) is 9.97 Å². The highest BCUT2D eigenvalue weighted by atomic mass is 16.2. The van der Waals surface area contributed by atoms with Crippen LogP contribution < -0.4 is 5.32 Å². The van der Waals surface area contributed by atoms with Crippen LogP contribution in [0.5, 0.6) is 0 Å². The van der Waals surface area contributed by atoms with Crippen LogP contribution in [0, 0.1) is 6.92 Å². The Hall–Kier alpha value is -2.28. The number of aromatic nitrogens is 4. The Morgan fingerprint density at radius 2 is 2.21 bits per heavy atom. The second kappa shape index (κ2) is 6.68. The number of nitrogens with zero attached hydrogens (tertiary/aromatic N) is 5. The van der Waals surface area contributed by atoms with Crippen molar-refractivity contribution in [3.8, 4) is 0 Å². The number of carbonyl (C=O) groups excluding carboxylic acids is 1. The fourth-order valence-corrected chi connectivity index (χ4v) is 2.90.